The van der Waals surface area contributed by atoms with E-state index in [0.717, 1.165) is 10.9 Å². The number of hydrogen-bond acceptors (Lipinski definition) is 5. The zero-order valence-corrected chi connectivity index (χ0v) is 20.5. The summed E-state index contributed by atoms with van der Waals surface area (Å²) in [5.41, 5.74) is 3.04. The molecular weight excluding hydrogens is 496 g/mol. The molecule has 0 aliphatic carbocycles. The van der Waals surface area contributed by atoms with Crippen molar-refractivity contribution in [1.82, 2.24) is 4.98 Å². The Morgan fingerprint density at radius 1 is 0.917 bits per heavy atom. The molecule has 0 fully saturated rings. The van der Waals surface area contributed by atoms with Crippen molar-refractivity contribution in [2.45, 2.75) is 4.90 Å². The van der Waals surface area contributed by atoms with E-state index in [0.29, 0.717) is 38.3 Å². The molecule has 4 aromatic carbocycles. The highest BCUT2D eigenvalue weighted by Crippen LogP contribution is 2.41. The number of para-hydroxylation sites is 1. The minimum atomic E-state index is -3.72. The van der Waals surface area contributed by atoms with Crippen molar-refractivity contribution >= 4 is 55.0 Å². The lowest BCUT2D eigenvalue weighted by molar-refractivity contribution is 0.0520. The highest BCUT2D eigenvalue weighted by atomic mass is 35.5. The summed E-state index contributed by atoms with van der Waals surface area (Å²) in [6, 6.07) is 26.9. The number of halogens is 1. The van der Waals surface area contributed by atoms with Crippen LogP contribution < -0.4 is 4.31 Å². The first-order valence-electron chi connectivity index (χ1n) is 11.3. The van der Waals surface area contributed by atoms with Gasteiger partial charge >= 0.3 is 5.97 Å². The van der Waals surface area contributed by atoms with Crippen LogP contribution in [0.25, 0.3) is 32.9 Å². The number of hydrogen-bond donors (Lipinski definition) is 0. The topological polar surface area (TPSA) is 76.6 Å². The molecule has 0 radical (unpaired) electrons. The monoisotopic (exact) mass is 514 g/mol. The maximum absolute atomic E-state index is 13.2. The van der Waals surface area contributed by atoms with Crippen molar-refractivity contribution in [1.29, 1.82) is 0 Å². The van der Waals surface area contributed by atoms with Crippen LogP contribution in [-0.4, -0.2) is 32.5 Å². The number of esters is 1. The summed E-state index contributed by atoms with van der Waals surface area (Å²) < 4.78 is 33.3. The number of rotatable bonds is 5. The number of carbonyl (C=O) groups is 1. The number of benzene rings is 4. The Morgan fingerprint density at radius 2 is 1.67 bits per heavy atom. The van der Waals surface area contributed by atoms with E-state index < -0.39 is 16.0 Å². The summed E-state index contributed by atoms with van der Waals surface area (Å²) >= 11 is 6.02. The van der Waals surface area contributed by atoms with Gasteiger partial charge in [0, 0.05) is 21.4 Å². The molecule has 1 aliphatic heterocycles. The predicted molar refractivity (Wildman–Crippen MR) is 141 cm³/mol. The molecule has 6 nitrogen and oxygen atoms in total. The molecule has 0 unspecified atom stereocenters. The van der Waals surface area contributed by atoms with Gasteiger partial charge in [0.15, 0.2) is 0 Å². The molecular formula is C28H19ClN2O4S. The molecule has 0 amide bonds. The summed E-state index contributed by atoms with van der Waals surface area (Å²) in [5, 5.41) is 2.81. The van der Waals surface area contributed by atoms with E-state index in [1.165, 1.54) is 4.31 Å². The largest absolute Gasteiger partial charge is 0.460 e. The molecule has 8 heteroatoms. The number of sulfonamides is 1. The van der Waals surface area contributed by atoms with E-state index in [-0.39, 0.29) is 18.0 Å². The summed E-state index contributed by atoms with van der Waals surface area (Å²) in [6.07, 6.45) is 0. The fourth-order valence-electron chi connectivity index (χ4n) is 4.61. The van der Waals surface area contributed by atoms with Crippen LogP contribution in [0.15, 0.2) is 95.9 Å². The molecule has 36 heavy (non-hydrogen) atoms. The third-order valence-electron chi connectivity index (χ3n) is 6.28. The Morgan fingerprint density at radius 3 is 2.47 bits per heavy atom. The number of fused-ring (bicyclic) bond motifs is 1. The Balaban J connectivity index is 1.28. The molecule has 0 saturated heterocycles. The van der Waals surface area contributed by atoms with Crippen molar-refractivity contribution in [3.63, 3.8) is 0 Å². The van der Waals surface area contributed by atoms with E-state index in [4.69, 9.17) is 16.3 Å². The number of anilines is 1. The van der Waals surface area contributed by atoms with Gasteiger partial charge in [-0.1, -0.05) is 66.2 Å². The average molecular weight is 515 g/mol. The van der Waals surface area contributed by atoms with Gasteiger partial charge in [-0.05, 0) is 41.8 Å². The normalized spacial score (nSPS) is 13.9. The second-order valence-corrected chi connectivity index (χ2v) is 10.7. The van der Waals surface area contributed by atoms with Crippen molar-refractivity contribution < 1.29 is 17.9 Å². The lowest BCUT2D eigenvalue weighted by atomic mass is 10.0. The summed E-state index contributed by atoms with van der Waals surface area (Å²) in [7, 11) is -3.72. The molecule has 0 spiro atoms. The molecule has 0 saturated carbocycles. The van der Waals surface area contributed by atoms with Crippen LogP contribution in [-0.2, 0) is 14.8 Å². The number of carbonyl (C=O) groups excluding carboxylic acids is 1. The van der Waals surface area contributed by atoms with Gasteiger partial charge in [-0.2, -0.15) is 0 Å². The van der Waals surface area contributed by atoms with Gasteiger partial charge in [0.05, 0.1) is 33.9 Å². The number of ether oxygens (including phenoxy) is 1. The van der Waals surface area contributed by atoms with Gasteiger partial charge in [-0.25, -0.2) is 18.2 Å². The Bertz CT molecular complexity index is 1760. The molecule has 0 atom stereocenters. The summed E-state index contributed by atoms with van der Waals surface area (Å²) in [5.74, 6) is -0.545. The molecule has 1 aliphatic rings. The third kappa shape index (κ3) is 3.68. The molecule has 1 aromatic heterocycles. The fraction of sp³-hybridized carbons (Fsp3) is 0.0714. The number of pyridine rings is 1. The SMILES string of the molecule is O=C(OCCN1c2cccc3cccc(c23)S1(=O)=O)c1cc(-c2ccc(Cl)cc2)nc2ccccc12. The third-order valence-corrected chi connectivity index (χ3v) is 8.39. The van der Waals surface area contributed by atoms with Crippen molar-refractivity contribution in [2.24, 2.45) is 0 Å². The number of aromatic nitrogens is 1. The molecule has 5 aromatic rings. The Kier molecular flexibility index (Phi) is 5.39. The van der Waals surface area contributed by atoms with E-state index >= 15 is 0 Å². The molecule has 178 valence electrons. The van der Waals surface area contributed by atoms with E-state index in [2.05, 4.69) is 4.98 Å². The first kappa shape index (κ1) is 22.5. The van der Waals surface area contributed by atoms with Crippen molar-refractivity contribution in [3.8, 4) is 11.3 Å². The summed E-state index contributed by atoms with van der Waals surface area (Å²) in [6.45, 7) is -0.0930. The maximum atomic E-state index is 13.2. The zero-order chi connectivity index (χ0) is 24.9. The first-order chi connectivity index (χ1) is 17.4. The molecule has 6 rings (SSSR count). The zero-order valence-electron chi connectivity index (χ0n) is 18.9. The van der Waals surface area contributed by atoms with Crippen molar-refractivity contribution in [2.75, 3.05) is 17.5 Å². The Hall–Kier alpha value is -3.94. The highest BCUT2D eigenvalue weighted by molar-refractivity contribution is 7.93. The molecule has 0 N–H and O–H groups in total. The second-order valence-electron chi connectivity index (χ2n) is 8.42. The van der Waals surface area contributed by atoms with Crippen LogP contribution in [0, 0.1) is 0 Å². The van der Waals surface area contributed by atoms with E-state index in [9.17, 15) is 13.2 Å². The van der Waals surface area contributed by atoms with Crippen LogP contribution >= 0.6 is 11.6 Å². The summed E-state index contributed by atoms with van der Waals surface area (Å²) in [4.78, 5) is 18.2. The lowest BCUT2D eigenvalue weighted by Crippen LogP contribution is -2.31. The standard InChI is InChI=1S/C28H19ClN2O4S/c29-20-13-11-18(12-14-20)24-17-22(21-7-1-2-8-23(21)30-24)28(32)35-16-15-31-25-9-3-5-19-6-4-10-26(27(19)25)36(31,33)34/h1-14,17H,15-16H2. The van der Waals surface area contributed by atoms with Crippen LogP contribution in [0.5, 0.6) is 0 Å². The van der Waals surface area contributed by atoms with Crippen LogP contribution in [0.1, 0.15) is 10.4 Å². The first-order valence-corrected chi connectivity index (χ1v) is 13.1. The second kappa shape index (κ2) is 8.62. The predicted octanol–water partition coefficient (Wildman–Crippen LogP) is 6.07. The fourth-order valence-corrected chi connectivity index (χ4v) is 6.43. The van der Waals surface area contributed by atoms with Crippen molar-refractivity contribution in [3.05, 3.63) is 102 Å². The van der Waals surface area contributed by atoms with Crippen LogP contribution in [0.2, 0.25) is 5.02 Å². The smallest absolute Gasteiger partial charge is 0.338 e. The van der Waals surface area contributed by atoms with Gasteiger partial charge < -0.3 is 4.74 Å². The maximum Gasteiger partial charge on any atom is 0.338 e. The molecule has 0 bridgehead atoms. The molecule has 2 heterocycles. The number of nitrogens with zero attached hydrogens (tertiary/aromatic N) is 2. The van der Waals surface area contributed by atoms with Gasteiger partial charge in [0.25, 0.3) is 10.0 Å². The Labute approximate surface area is 212 Å². The average Bonchev–Trinajstić information content (AvgIpc) is 3.11. The van der Waals surface area contributed by atoms with E-state index in [1.54, 1.807) is 36.4 Å². The van der Waals surface area contributed by atoms with Crippen LogP contribution in [0.3, 0.4) is 0 Å². The minimum Gasteiger partial charge on any atom is -0.460 e. The van der Waals surface area contributed by atoms with Gasteiger partial charge in [0.1, 0.15) is 6.61 Å². The quantitative estimate of drug-likeness (QED) is 0.266. The van der Waals surface area contributed by atoms with Gasteiger partial charge in [-0.3, -0.25) is 4.31 Å². The highest BCUT2D eigenvalue weighted by Gasteiger charge is 2.35. The van der Waals surface area contributed by atoms with Crippen LogP contribution in [0.4, 0.5) is 5.69 Å². The lowest BCUT2D eigenvalue weighted by Gasteiger charge is -2.19. The van der Waals surface area contributed by atoms with Gasteiger partial charge in [0.2, 0.25) is 0 Å². The minimum absolute atomic E-state index is 0.00885. The van der Waals surface area contributed by atoms with Gasteiger partial charge in [-0.15, -0.1) is 0 Å². The van der Waals surface area contributed by atoms with E-state index in [1.807, 2.05) is 54.6 Å².